The lowest BCUT2D eigenvalue weighted by Gasteiger charge is -2.09. The summed E-state index contributed by atoms with van der Waals surface area (Å²) in [4.78, 5) is 0. The van der Waals surface area contributed by atoms with Gasteiger partial charge in [-0.1, -0.05) is 78.1 Å². The smallest absolute Gasteiger partial charge is 0.309 e. The standard InChI is InChI=1S/C20H36O6S3/c1-3-5-7-9-11-13-15-28(21,22)25-19-17-27-18-20(19)26-29(23,24)16-14-12-10-8-6-4-2/h17-18H,3-16H2,1-2H3. The first-order valence-electron chi connectivity index (χ1n) is 10.7. The molecule has 0 saturated carbocycles. The van der Waals surface area contributed by atoms with Crippen LogP contribution in [0.2, 0.25) is 0 Å². The molecule has 170 valence electrons. The minimum Gasteiger partial charge on any atom is -0.377 e. The number of hydrogen-bond acceptors (Lipinski definition) is 7. The molecule has 0 aliphatic heterocycles. The van der Waals surface area contributed by atoms with Gasteiger partial charge in [0.05, 0.1) is 11.5 Å². The first-order chi connectivity index (χ1) is 13.8. The average Bonchev–Trinajstić information content (AvgIpc) is 3.06. The van der Waals surface area contributed by atoms with Gasteiger partial charge < -0.3 is 8.37 Å². The summed E-state index contributed by atoms with van der Waals surface area (Å²) in [7, 11) is -7.55. The molecule has 0 aliphatic carbocycles. The molecule has 1 heterocycles. The van der Waals surface area contributed by atoms with Crippen LogP contribution in [0.25, 0.3) is 0 Å². The Labute approximate surface area is 181 Å². The summed E-state index contributed by atoms with van der Waals surface area (Å²) < 4.78 is 58.9. The summed E-state index contributed by atoms with van der Waals surface area (Å²) >= 11 is 1.14. The molecule has 0 radical (unpaired) electrons. The van der Waals surface area contributed by atoms with Crippen LogP contribution in [-0.4, -0.2) is 28.3 Å². The van der Waals surface area contributed by atoms with Gasteiger partial charge in [-0.15, -0.1) is 11.3 Å². The van der Waals surface area contributed by atoms with E-state index < -0.39 is 20.2 Å². The molecule has 29 heavy (non-hydrogen) atoms. The third-order valence-corrected chi connectivity index (χ3v) is 7.67. The molecule has 0 bridgehead atoms. The molecule has 9 heteroatoms. The topological polar surface area (TPSA) is 86.7 Å². The van der Waals surface area contributed by atoms with E-state index >= 15 is 0 Å². The summed E-state index contributed by atoms with van der Waals surface area (Å²) in [6.07, 6.45) is 11.6. The first kappa shape index (κ1) is 26.2. The van der Waals surface area contributed by atoms with Crippen molar-refractivity contribution in [1.82, 2.24) is 0 Å². The zero-order chi connectivity index (χ0) is 21.6. The maximum atomic E-state index is 12.2. The molecule has 0 saturated heterocycles. The van der Waals surface area contributed by atoms with E-state index in [2.05, 4.69) is 13.8 Å². The van der Waals surface area contributed by atoms with Crippen LogP contribution in [-0.2, 0) is 20.2 Å². The average molecular weight is 469 g/mol. The van der Waals surface area contributed by atoms with Crippen LogP contribution >= 0.6 is 11.3 Å². The Morgan fingerprint density at radius 3 is 1.34 bits per heavy atom. The Morgan fingerprint density at radius 1 is 0.621 bits per heavy atom. The fraction of sp³-hybridized carbons (Fsp3) is 0.800. The largest absolute Gasteiger partial charge is 0.377 e. The van der Waals surface area contributed by atoms with E-state index in [-0.39, 0.29) is 23.0 Å². The van der Waals surface area contributed by atoms with E-state index in [1.165, 1.54) is 10.8 Å². The van der Waals surface area contributed by atoms with Crippen molar-refractivity contribution < 1.29 is 25.2 Å². The van der Waals surface area contributed by atoms with Gasteiger partial charge in [-0.3, -0.25) is 0 Å². The van der Waals surface area contributed by atoms with Gasteiger partial charge in [0.1, 0.15) is 0 Å². The second-order valence-corrected chi connectivity index (χ2v) is 11.5. The molecule has 0 fully saturated rings. The number of thiophene rings is 1. The van der Waals surface area contributed by atoms with Crippen molar-refractivity contribution in [2.45, 2.75) is 90.9 Å². The lowest BCUT2D eigenvalue weighted by molar-refractivity contribution is 0.448. The van der Waals surface area contributed by atoms with Gasteiger partial charge in [0.2, 0.25) is 0 Å². The molecule has 0 aliphatic rings. The van der Waals surface area contributed by atoms with Crippen molar-refractivity contribution in [3.05, 3.63) is 10.8 Å². The van der Waals surface area contributed by atoms with E-state index in [1.807, 2.05) is 0 Å². The number of hydrogen-bond donors (Lipinski definition) is 0. The van der Waals surface area contributed by atoms with E-state index in [1.54, 1.807) is 0 Å². The van der Waals surface area contributed by atoms with Crippen LogP contribution < -0.4 is 8.37 Å². The second kappa shape index (κ2) is 14.2. The zero-order valence-corrected chi connectivity index (χ0v) is 20.2. The lowest BCUT2D eigenvalue weighted by Crippen LogP contribution is -2.16. The molecule has 1 aromatic heterocycles. The van der Waals surface area contributed by atoms with Crippen molar-refractivity contribution >= 4 is 31.6 Å². The maximum absolute atomic E-state index is 12.2. The Bertz CT molecular complexity index is 690. The fourth-order valence-corrected chi connectivity index (χ4v) is 5.73. The third-order valence-electron chi connectivity index (χ3n) is 4.52. The molecule has 0 spiro atoms. The quantitative estimate of drug-likeness (QED) is 0.197. The predicted octanol–water partition coefficient (Wildman–Crippen LogP) is 5.89. The Kier molecular flexibility index (Phi) is 12.9. The highest BCUT2D eigenvalue weighted by molar-refractivity contribution is 7.87. The van der Waals surface area contributed by atoms with E-state index in [4.69, 9.17) is 8.37 Å². The molecular weight excluding hydrogens is 432 g/mol. The summed E-state index contributed by atoms with van der Waals surface area (Å²) in [5.74, 6) is -0.266. The van der Waals surface area contributed by atoms with Crippen molar-refractivity contribution in [2.75, 3.05) is 11.5 Å². The molecule has 6 nitrogen and oxygen atoms in total. The van der Waals surface area contributed by atoms with Crippen LogP contribution in [0, 0.1) is 0 Å². The van der Waals surface area contributed by atoms with Gasteiger partial charge in [0.25, 0.3) is 0 Å². The molecule has 0 aromatic carbocycles. The minimum absolute atomic E-state index is 0.0486. The highest BCUT2D eigenvalue weighted by Crippen LogP contribution is 2.34. The fourth-order valence-electron chi connectivity index (χ4n) is 2.87. The lowest BCUT2D eigenvalue weighted by atomic mass is 10.1. The maximum Gasteiger partial charge on any atom is 0.309 e. The van der Waals surface area contributed by atoms with E-state index in [0.717, 1.165) is 75.5 Å². The third kappa shape index (κ3) is 12.5. The normalized spacial score (nSPS) is 12.2. The van der Waals surface area contributed by atoms with Crippen molar-refractivity contribution in [3.8, 4) is 11.5 Å². The van der Waals surface area contributed by atoms with Crippen molar-refractivity contribution in [1.29, 1.82) is 0 Å². The highest BCUT2D eigenvalue weighted by Gasteiger charge is 2.21. The Morgan fingerprint density at radius 2 is 0.966 bits per heavy atom. The van der Waals surface area contributed by atoms with Gasteiger partial charge in [-0.05, 0) is 12.8 Å². The molecule has 1 rings (SSSR count). The van der Waals surface area contributed by atoms with Gasteiger partial charge in [-0.25, -0.2) is 0 Å². The molecule has 0 amide bonds. The summed E-state index contributed by atoms with van der Waals surface area (Å²) in [6, 6.07) is 0. The monoisotopic (exact) mass is 468 g/mol. The van der Waals surface area contributed by atoms with Crippen LogP contribution in [0.1, 0.15) is 90.9 Å². The van der Waals surface area contributed by atoms with E-state index in [9.17, 15) is 16.8 Å². The molecule has 0 unspecified atom stereocenters. The van der Waals surface area contributed by atoms with Gasteiger partial charge in [-0.2, -0.15) is 16.8 Å². The molecule has 0 atom stereocenters. The van der Waals surface area contributed by atoms with Crippen LogP contribution in [0.3, 0.4) is 0 Å². The van der Waals surface area contributed by atoms with Crippen LogP contribution in [0.4, 0.5) is 0 Å². The summed E-state index contributed by atoms with van der Waals surface area (Å²) in [6.45, 7) is 4.26. The molecule has 0 N–H and O–H groups in total. The SMILES string of the molecule is CCCCCCCCS(=O)(=O)Oc1cscc1OS(=O)(=O)CCCCCCCC. The number of unbranched alkanes of at least 4 members (excludes halogenated alkanes) is 10. The second-order valence-electron chi connectivity index (χ2n) is 7.33. The number of rotatable bonds is 18. The predicted molar refractivity (Wildman–Crippen MR) is 120 cm³/mol. The van der Waals surface area contributed by atoms with Gasteiger partial charge in [0.15, 0.2) is 11.5 Å². The van der Waals surface area contributed by atoms with Gasteiger partial charge in [0, 0.05) is 10.8 Å². The zero-order valence-electron chi connectivity index (χ0n) is 17.7. The Balaban J connectivity index is 2.46. The molecule has 1 aromatic rings. The molecular formula is C20H36O6S3. The Hall–Kier alpha value is -0.800. The summed E-state index contributed by atoms with van der Waals surface area (Å²) in [5.41, 5.74) is 0. The van der Waals surface area contributed by atoms with Crippen LogP contribution in [0.5, 0.6) is 11.5 Å². The van der Waals surface area contributed by atoms with Crippen LogP contribution in [0.15, 0.2) is 10.8 Å². The highest BCUT2D eigenvalue weighted by atomic mass is 32.2. The van der Waals surface area contributed by atoms with E-state index in [0.29, 0.717) is 12.8 Å². The van der Waals surface area contributed by atoms with Crippen molar-refractivity contribution in [2.24, 2.45) is 0 Å². The van der Waals surface area contributed by atoms with Crippen molar-refractivity contribution in [3.63, 3.8) is 0 Å². The summed E-state index contributed by atoms with van der Waals surface area (Å²) in [5, 5.41) is 2.91. The minimum atomic E-state index is -3.77. The first-order valence-corrected chi connectivity index (χ1v) is 14.8. The van der Waals surface area contributed by atoms with Gasteiger partial charge >= 0.3 is 20.2 Å².